The van der Waals surface area contributed by atoms with Gasteiger partial charge in [-0.1, -0.05) is 18.2 Å². The lowest BCUT2D eigenvalue weighted by atomic mass is 10.00. The number of aryl methyl sites for hydroxylation is 1. The summed E-state index contributed by atoms with van der Waals surface area (Å²) in [6.45, 7) is 5.59. The number of hydrogen-bond donors (Lipinski definition) is 1. The molecular weight excluding hydrogens is 378 g/mol. The van der Waals surface area contributed by atoms with Crippen molar-refractivity contribution in [1.82, 2.24) is 4.90 Å². The van der Waals surface area contributed by atoms with E-state index in [0.29, 0.717) is 13.2 Å². The molecule has 0 saturated carbocycles. The minimum Gasteiger partial charge on any atom is -0.454 e. The smallest absolute Gasteiger partial charge is 0.231 e. The molecule has 0 bridgehead atoms. The molecule has 2 aromatic carbocycles. The van der Waals surface area contributed by atoms with Gasteiger partial charge in [0.25, 0.3) is 0 Å². The van der Waals surface area contributed by atoms with Crippen molar-refractivity contribution in [3.63, 3.8) is 0 Å². The average Bonchev–Trinajstić information content (AvgIpc) is 3.25. The third-order valence-electron chi connectivity index (χ3n) is 6.04. The zero-order chi connectivity index (χ0) is 20.3. The molecule has 6 heteroatoms. The van der Waals surface area contributed by atoms with Crippen LogP contribution in [0.25, 0.3) is 6.08 Å². The SMILES string of the molecule is O=C1CCc2cc(C=CCCN3CCN(c4ccc5c(c4)OCO5)CC3)ccc2N1. The Bertz CT molecular complexity index is 964. The molecule has 3 aliphatic heterocycles. The molecule has 0 aromatic heterocycles. The number of rotatable bonds is 5. The lowest BCUT2D eigenvalue weighted by Crippen LogP contribution is -2.46. The minimum atomic E-state index is 0.115. The maximum atomic E-state index is 11.5. The molecule has 3 aliphatic rings. The summed E-state index contributed by atoms with van der Waals surface area (Å²) in [7, 11) is 0. The first-order valence-corrected chi connectivity index (χ1v) is 10.7. The molecule has 3 heterocycles. The second-order valence-corrected chi connectivity index (χ2v) is 8.02. The molecule has 156 valence electrons. The van der Waals surface area contributed by atoms with Gasteiger partial charge in [-0.15, -0.1) is 0 Å². The Kier molecular flexibility index (Phi) is 5.32. The van der Waals surface area contributed by atoms with Gasteiger partial charge in [-0.05, 0) is 48.2 Å². The highest BCUT2D eigenvalue weighted by atomic mass is 16.7. The van der Waals surface area contributed by atoms with Gasteiger partial charge in [-0.2, -0.15) is 0 Å². The van der Waals surface area contributed by atoms with Crippen LogP contribution in [0.5, 0.6) is 11.5 Å². The Morgan fingerprint density at radius 2 is 1.83 bits per heavy atom. The highest BCUT2D eigenvalue weighted by Crippen LogP contribution is 2.35. The number of amides is 1. The van der Waals surface area contributed by atoms with E-state index in [1.807, 2.05) is 12.1 Å². The van der Waals surface area contributed by atoms with Gasteiger partial charge in [0.2, 0.25) is 12.7 Å². The number of nitrogens with one attached hydrogen (secondary N) is 1. The summed E-state index contributed by atoms with van der Waals surface area (Å²) in [5, 5.41) is 2.94. The molecule has 5 rings (SSSR count). The normalized spacial score (nSPS) is 18.5. The number of carbonyl (C=O) groups excluding carboxylic acids is 1. The summed E-state index contributed by atoms with van der Waals surface area (Å²) in [5.74, 6) is 1.81. The molecule has 0 spiro atoms. The Morgan fingerprint density at radius 3 is 2.73 bits per heavy atom. The number of ether oxygens (including phenoxy) is 2. The van der Waals surface area contributed by atoms with E-state index < -0.39 is 0 Å². The van der Waals surface area contributed by atoms with Crippen LogP contribution in [-0.4, -0.2) is 50.3 Å². The van der Waals surface area contributed by atoms with Crippen LogP contribution in [0.4, 0.5) is 11.4 Å². The van der Waals surface area contributed by atoms with Crippen LogP contribution in [0.2, 0.25) is 0 Å². The third-order valence-corrected chi connectivity index (χ3v) is 6.04. The number of carbonyl (C=O) groups is 1. The summed E-state index contributed by atoms with van der Waals surface area (Å²) in [6, 6.07) is 12.5. The van der Waals surface area contributed by atoms with Crippen LogP contribution in [-0.2, 0) is 11.2 Å². The predicted octanol–water partition coefficient (Wildman–Crippen LogP) is 3.53. The quantitative estimate of drug-likeness (QED) is 0.825. The molecule has 0 unspecified atom stereocenters. The fraction of sp³-hybridized carbons (Fsp3) is 0.375. The molecule has 0 aliphatic carbocycles. The van der Waals surface area contributed by atoms with E-state index in [9.17, 15) is 4.79 Å². The van der Waals surface area contributed by atoms with Gasteiger partial charge >= 0.3 is 0 Å². The van der Waals surface area contributed by atoms with E-state index in [-0.39, 0.29) is 5.91 Å². The Labute approximate surface area is 177 Å². The molecule has 1 saturated heterocycles. The fourth-order valence-corrected chi connectivity index (χ4v) is 4.30. The molecule has 2 aromatic rings. The Balaban J connectivity index is 1.09. The van der Waals surface area contributed by atoms with Crippen molar-refractivity contribution in [2.24, 2.45) is 0 Å². The van der Waals surface area contributed by atoms with Gasteiger partial charge in [0.1, 0.15) is 0 Å². The summed E-state index contributed by atoms with van der Waals surface area (Å²) < 4.78 is 10.9. The highest BCUT2D eigenvalue weighted by molar-refractivity contribution is 5.94. The highest BCUT2D eigenvalue weighted by Gasteiger charge is 2.20. The van der Waals surface area contributed by atoms with E-state index in [4.69, 9.17) is 9.47 Å². The largest absolute Gasteiger partial charge is 0.454 e. The lowest BCUT2D eigenvalue weighted by molar-refractivity contribution is -0.116. The number of fused-ring (bicyclic) bond motifs is 2. The van der Waals surface area contributed by atoms with Gasteiger partial charge in [-0.3, -0.25) is 9.69 Å². The second kappa shape index (κ2) is 8.40. The van der Waals surface area contributed by atoms with Gasteiger partial charge < -0.3 is 19.7 Å². The summed E-state index contributed by atoms with van der Waals surface area (Å²) in [6.07, 6.45) is 6.90. The van der Waals surface area contributed by atoms with Crippen molar-refractivity contribution in [2.75, 3.05) is 49.7 Å². The lowest BCUT2D eigenvalue weighted by Gasteiger charge is -2.36. The molecule has 0 radical (unpaired) electrons. The van der Waals surface area contributed by atoms with E-state index in [0.717, 1.165) is 62.8 Å². The number of benzene rings is 2. The van der Waals surface area contributed by atoms with E-state index in [1.165, 1.54) is 16.8 Å². The first-order chi connectivity index (χ1) is 14.7. The number of nitrogens with zero attached hydrogens (tertiary/aromatic N) is 2. The van der Waals surface area contributed by atoms with Crippen molar-refractivity contribution in [3.8, 4) is 11.5 Å². The van der Waals surface area contributed by atoms with Crippen LogP contribution >= 0.6 is 0 Å². The zero-order valence-electron chi connectivity index (χ0n) is 17.1. The first kappa shape index (κ1) is 19.0. The molecule has 6 nitrogen and oxygen atoms in total. The van der Waals surface area contributed by atoms with Gasteiger partial charge in [-0.25, -0.2) is 0 Å². The molecule has 1 amide bonds. The Hall–Kier alpha value is -2.99. The van der Waals surface area contributed by atoms with Gasteiger partial charge in [0.15, 0.2) is 11.5 Å². The van der Waals surface area contributed by atoms with Gasteiger partial charge in [0, 0.05) is 56.6 Å². The topological polar surface area (TPSA) is 54.0 Å². The molecule has 1 N–H and O–H groups in total. The Morgan fingerprint density at radius 1 is 0.967 bits per heavy atom. The molecular formula is C24H27N3O3. The third kappa shape index (κ3) is 4.14. The van der Waals surface area contributed by atoms with Crippen LogP contribution in [0.3, 0.4) is 0 Å². The van der Waals surface area contributed by atoms with Crippen molar-refractivity contribution in [2.45, 2.75) is 19.3 Å². The molecule has 1 fully saturated rings. The van der Waals surface area contributed by atoms with Crippen molar-refractivity contribution in [1.29, 1.82) is 0 Å². The minimum absolute atomic E-state index is 0.115. The maximum absolute atomic E-state index is 11.5. The molecule has 0 atom stereocenters. The molecule has 30 heavy (non-hydrogen) atoms. The number of hydrogen-bond acceptors (Lipinski definition) is 5. The first-order valence-electron chi connectivity index (χ1n) is 10.7. The fourth-order valence-electron chi connectivity index (χ4n) is 4.30. The van der Waals surface area contributed by atoms with Crippen LogP contribution in [0.1, 0.15) is 24.0 Å². The van der Waals surface area contributed by atoms with Crippen LogP contribution in [0.15, 0.2) is 42.5 Å². The second-order valence-electron chi connectivity index (χ2n) is 8.02. The zero-order valence-corrected chi connectivity index (χ0v) is 17.1. The standard InChI is InChI=1S/C24H27N3O3/c28-24-9-5-19-15-18(4-7-21(19)25-24)3-1-2-10-26-11-13-27(14-12-26)20-6-8-22-23(16-20)30-17-29-22/h1,3-4,6-8,15-16H,2,5,9-14,17H2,(H,25,28). The van der Waals surface area contributed by atoms with Gasteiger partial charge in [0.05, 0.1) is 0 Å². The monoisotopic (exact) mass is 405 g/mol. The predicted molar refractivity (Wildman–Crippen MR) is 118 cm³/mol. The number of piperazine rings is 1. The average molecular weight is 405 g/mol. The maximum Gasteiger partial charge on any atom is 0.231 e. The summed E-state index contributed by atoms with van der Waals surface area (Å²) >= 11 is 0. The van der Waals surface area contributed by atoms with E-state index in [2.05, 4.69) is 51.5 Å². The van der Waals surface area contributed by atoms with Crippen molar-refractivity contribution >= 4 is 23.4 Å². The van der Waals surface area contributed by atoms with Crippen LogP contribution in [0, 0.1) is 0 Å². The summed E-state index contributed by atoms with van der Waals surface area (Å²) in [5.41, 5.74) is 4.61. The van der Waals surface area contributed by atoms with Crippen molar-refractivity contribution in [3.05, 3.63) is 53.6 Å². The summed E-state index contributed by atoms with van der Waals surface area (Å²) in [4.78, 5) is 16.4. The van der Waals surface area contributed by atoms with Crippen LogP contribution < -0.4 is 19.7 Å². The van der Waals surface area contributed by atoms with Crippen molar-refractivity contribution < 1.29 is 14.3 Å². The van der Waals surface area contributed by atoms with E-state index >= 15 is 0 Å². The number of anilines is 2. The van der Waals surface area contributed by atoms with E-state index in [1.54, 1.807) is 0 Å².